The fraction of sp³-hybridized carbons (Fsp3) is 0.545. The second-order valence-corrected chi connectivity index (χ2v) is 5.10. The Bertz CT molecular complexity index is 744. The summed E-state index contributed by atoms with van der Waals surface area (Å²) in [7, 11) is 0. The first kappa shape index (κ1) is 14.1. The number of H-pyrrole nitrogens is 1. The Morgan fingerprint density at radius 3 is 2.90 bits per heavy atom. The van der Waals surface area contributed by atoms with E-state index in [4.69, 9.17) is 9.84 Å². The van der Waals surface area contributed by atoms with Gasteiger partial charge in [0.05, 0.1) is 12.7 Å². The standard InChI is InChI=1S/C11H13FN4O5/c1-10(20)8(19)11(12,2-17)21-9(10)16-4-15-5-6(16)13-3-14-7(5)18/h3-4,8-9,17,19-20H,2H2,1H3,(H,13,14,18)/t8-,9+,10+,11+/m0/s1. The molecular formula is C11H13FN4O5. The Balaban J connectivity index is 2.15. The smallest absolute Gasteiger partial charge is 0.278 e. The summed E-state index contributed by atoms with van der Waals surface area (Å²) in [5.74, 6) is -2.83. The molecule has 1 aliphatic rings. The molecule has 3 rings (SSSR count). The molecular weight excluding hydrogens is 287 g/mol. The van der Waals surface area contributed by atoms with Crippen LogP contribution in [0.3, 0.4) is 0 Å². The largest absolute Gasteiger partial charge is 0.390 e. The molecule has 0 aromatic carbocycles. The van der Waals surface area contributed by atoms with Crippen molar-refractivity contribution in [3.63, 3.8) is 0 Å². The zero-order valence-electron chi connectivity index (χ0n) is 10.9. The molecule has 3 heterocycles. The summed E-state index contributed by atoms with van der Waals surface area (Å²) >= 11 is 0. The van der Waals surface area contributed by atoms with Crippen LogP contribution >= 0.6 is 0 Å². The molecule has 2 aromatic heterocycles. The molecule has 4 atom stereocenters. The van der Waals surface area contributed by atoms with Gasteiger partial charge >= 0.3 is 0 Å². The number of ether oxygens (including phenoxy) is 1. The highest BCUT2D eigenvalue weighted by molar-refractivity contribution is 5.68. The minimum Gasteiger partial charge on any atom is -0.390 e. The van der Waals surface area contributed by atoms with Crippen molar-refractivity contribution in [1.82, 2.24) is 19.5 Å². The van der Waals surface area contributed by atoms with Crippen LogP contribution in [0, 0.1) is 0 Å². The van der Waals surface area contributed by atoms with Crippen LogP contribution in [0.5, 0.6) is 0 Å². The Hall–Kier alpha value is -1.88. The molecule has 1 saturated heterocycles. The van der Waals surface area contributed by atoms with Gasteiger partial charge in [0.2, 0.25) is 0 Å². The number of aromatic amines is 1. The first-order chi connectivity index (χ1) is 9.81. The quantitative estimate of drug-likeness (QED) is 0.526. The molecule has 0 unspecified atom stereocenters. The molecule has 10 heteroatoms. The summed E-state index contributed by atoms with van der Waals surface area (Å²) in [6.07, 6.45) is -1.14. The Morgan fingerprint density at radius 1 is 1.57 bits per heavy atom. The molecule has 0 amide bonds. The average molecular weight is 300 g/mol. The normalized spacial score (nSPS) is 36.4. The van der Waals surface area contributed by atoms with Crippen LogP contribution < -0.4 is 5.56 Å². The van der Waals surface area contributed by atoms with Crippen LogP contribution in [0.15, 0.2) is 17.4 Å². The summed E-state index contributed by atoms with van der Waals surface area (Å²) in [5.41, 5.74) is -2.54. The van der Waals surface area contributed by atoms with Gasteiger partial charge in [-0.05, 0) is 6.92 Å². The first-order valence-electron chi connectivity index (χ1n) is 6.09. The van der Waals surface area contributed by atoms with Gasteiger partial charge in [0.1, 0.15) is 18.3 Å². The average Bonchev–Trinajstić information content (AvgIpc) is 2.94. The monoisotopic (exact) mass is 300 g/mol. The number of nitrogens with one attached hydrogen (secondary N) is 1. The predicted octanol–water partition coefficient (Wildman–Crippen LogP) is -1.58. The molecule has 1 fully saturated rings. The summed E-state index contributed by atoms with van der Waals surface area (Å²) in [6.45, 7) is 0.0137. The maximum atomic E-state index is 14.2. The van der Waals surface area contributed by atoms with E-state index in [1.807, 2.05) is 0 Å². The topological polar surface area (TPSA) is 133 Å². The Morgan fingerprint density at radius 2 is 2.29 bits per heavy atom. The molecule has 9 nitrogen and oxygen atoms in total. The lowest BCUT2D eigenvalue weighted by molar-refractivity contribution is -0.206. The number of fused-ring (bicyclic) bond motifs is 1. The third kappa shape index (κ3) is 1.80. The van der Waals surface area contributed by atoms with Gasteiger partial charge in [-0.15, -0.1) is 0 Å². The van der Waals surface area contributed by atoms with E-state index in [2.05, 4.69) is 15.0 Å². The molecule has 0 saturated carbocycles. The van der Waals surface area contributed by atoms with Gasteiger partial charge in [0.15, 0.2) is 17.4 Å². The van der Waals surface area contributed by atoms with E-state index in [0.717, 1.165) is 24.1 Å². The minimum atomic E-state index is -2.83. The molecule has 2 aromatic rings. The van der Waals surface area contributed by atoms with Crippen molar-refractivity contribution in [2.45, 2.75) is 30.7 Å². The van der Waals surface area contributed by atoms with E-state index in [-0.39, 0.29) is 11.2 Å². The van der Waals surface area contributed by atoms with Crippen LogP contribution in [0.25, 0.3) is 11.2 Å². The van der Waals surface area contributed by atoms with Gasteiger partial charge in [-0.2, -0.15) is 0 Å². The zero-order valence-corrected chi connectivity index (χ0v) is 10.9. The number of halogens is 1. The lowest BCUT2D eigenvalue weighted by Crippen LogP contribution is -2.48. The summed E-state index contributed by atoms with van der Waals surface area (Å²) in [6, 6.07) is 0. The fourth-order valence-corrected chi connectivity index (χ4v) is 2.44. The van der Waals surface area contributed by atoms with Crippen molar-refractivity contribution in [1.29, 1.82) is 0 Å². The predicted molar refractivity (Wildman–Crippen MR) is 65.8 cm³/mol. The van der Waals surface area contributed by atoms with Crippen LogP contribution in [-0.2, 0) is 4.74 Å². The molecule has 0 bridgehead atoms. The van der Waals surface area contributed by atoms with Gasteiger partial charge in [-0.25, -0.2) is 14.4 Å². The highest BCUT2D eigenvalue weighted by Gasteiger charge is 2.62. The van der Waals surface area contributed by atoms with Crippen molar-refractivity contribution in [2.24, 2.45) is 0 Å². The molecule has 1 aliphatic heterocycles. The van der Waals surface area contributed by atoms with E-state index >= 15 is 0 Å². The van der Waals surface area contributed by atoms with E-state index in [0.29, 0.717) is 0 Å². The van der Waals surface area contributed by atoms with Crippen LogP contribution in [0.1, 0.15) is 13.2 Å². The number of imidazole rings is 1. The Labute approximate surface area is 116 Å². The number of hydrogen-bond donors (Lipinski definition) is 4. The van der Waals surface area contributed by atoms with Crippen molar-refractivity contribution >= 4 is 11.2 Å². The van der Waals surface area contributed by atoms with Gasteiger partial charge in [0.25, 0.3) is 11.4 Å². The third-order valence-electron chi connectivity index (χ3n) is 3.60. The highest BCUT2D eigenvalue weighted by atomic mass is 19.2. The molecule has 0 radical (unpaired) electrons. The van der Waals surface area contributed by atoms with E-state index in [1.165, 1.54) is 0 Å². The summed E-state index contributed by atoms with van der Waals surface area (Å²) < 4.78 is 20.3. The number of aliphatic hydroxyl groups excluding tert-OH is 2. The number of hydrogen-bond acceptors (Lipinski definition) is 7. The lowest BCUT2D eigenvalue weighted by atomic mass is 9.95. The van der Waals surface area contributed by atoms with Crippen molar-refractivity contribution in [3.8, 4) is 0 Å². The van der Waals surface area contributed by atoms with Gasteiger partial charge in [-0.3, -0.25) is 9.36 Å². The van der Waals surface area contributed by atoms with Crippen LogP contribution in [0.4, 0.5) is 4.39 Å². The summed E-state index contributed by atoms with van der Waals surface area (Å²) in [5, 5.41) is 29.2. The van der Waals surface area contributed by atoms with Crippen LogP contribution in [-0.4, -0.2) is 59.0 Å². The third-order valence-corrected chi connectivity index (χ3v) is 3.60. The van der Waals surface area contributed by atoms with E-state index < -0.39 is 36.0 Å². The number of aromatic nitrogens is 4. The minimum absolute atomic E-state index is 0.0215. The van der Waals surface area contributed by atoms with Gasteiger partial charge in [-0.1, -0.05) is 0 Å². The zero-order chi connectivity index (χ0) is 15.4. The number of nitrogens with zero attached hydrogens (tertiary/aromatic N) is 3. The van der Waals surface area contributed by atoms with Gasteiger partial charge in [0, 0.05) is 0 Å². The SMILES string of the molecule is C[C@]1(O)[C@H](n2cnc3c(=O)[nH]cnc32)O[C@](F)(CO)[C@H]1O. The van der Waals surface area contributed by atoms with Crippen molar-refractivity contribution < 1.29 is 24.4 Å². The van der Waals surface area contributed by atoms with Gasteiger partial charge < -0.3 is 25.0 Å². The van der Waals surface area contributed by atoms with E-state index in [1.54, 1.807) is 0 Å². The summed E-state index contributed by atoms with van der Waals surface area (Å²) in [4.78, 5) is 21.6. The van der Waals surface area contributed by atoms with Crippen molar-refractivity contribution in [3.05, 3.63) is 23.0 Å². The van der Waals surface area contributed by atoms with Crippen molar-refractivity contribution in [2.75, 3.05) is 6.61 Å². The highest BCUT2D eigenvalue weighted by Crippen LogP contribution is 2.45. The first-order valence-corrected chi connectivity index (χ1v) is 6.09. The Kier molecular flexibility index (Phi) is 2.89. The lowest BCUT2D eigenvalue weighted by Gasteiger charge is -2.27. The van der Waals surface area contributed by atoms with Crippen LogP contribution in [0.2, 0.25) is 0 Å². The number of rotatable bonds is 2. The maximum absolute atomic E-state index is 14.2. The fourth-order valence-electron chi connectivity index (χ4n) is 2.44. The van der Waals surface area contributed by atoms with E-state index in [9.17, 15) is 19.4 Å². The second-order valence-electron chi connectivity index (χ2n) is 5.10. The maximum Gasteiger partial charge on any atom is 0.278 e. The number of alkyl halides is 1. The molecule has 0 spiro atoms. The number of aliphatic hydroxyl groups is 3. The molecule has 0 aliphatic carbocycles. The molecule has 21 heavy (non-hydrogen) atoms. The molecule has 4 N–H and O–H groups in total. The second kappa shape index (κ2) is 4.31. The molecule has 114 valence electrons.